The molecule has 0 atom stereocenters. The summed E-state index contributed by atoms with van der Waals surface area (Å²) in [6, 6.07) is 5.82. The number of sulfonamides is 1. The molecule has 34 heavy (non-hydrogen) atoms. The van der Waals surface area contributed by atoms with E-state index in [0.29, 0.717) is 5.69 Å². The Morgan fingerprint density at radius 1 is 0.765 bits per heavy atom. The number of anilines is 1. The standard InChI is InChI=1S/C24H42N2O3S.CH4N2S/c1-2-3-4-5-6-7-8-9-10-11-12-13-14-15-16-17-24(27)26-30(28,29)23-20-18-22(25)19-21-23;2-1(3)4/h18-21H,2-17,25H2,1H3,(H,26,27);(H4,2,3,4). The Labute approximate surface area is 212 Å². The van der Waals surface area contributed by atoms with Crippen molar-refractivity contribution in [3.63, 3.8) is 0 Å². The SMILES string of the molecule is CCCCCCCCCCCCCCCCCC(=O)NS(=O)(=O)c1ccc(N)cc1.NC(N)=S. The molecule has 196 valence electrons. The second kappa shape index (κ2) is 20.5. The lowest BCUT2D eigenvalue weighted by atomic mass is 10.0. The molecule has 1 amide bonds. The monoisotopic (exact) mass is 514 g/mol. The zero-order valence-electron chi connectivity index (χ0n) is 20.9. The zero-order valence-corrected chi connectivity index (χ0v) is 22.5. The number of nitrogen functional groups attached to an aromatic ring is 1. The van der Waals surface area contributed by atoms with Crippen LogP contribution >= 0.6 is 12.2 Å². The molecule has 0 aliphatic rings. The van der Waals surface area contributed by atoms with Gasteiger partial charge >= 0.3 is 0 Å². The summed E-state index contributed by atoms with van der Waals surface area (Å²) in [6.45, 7) is 2.26. The molecule has 7 N–H and O–H groups in total. The van der Waals surface area contributed by atoms with E-state index < -0.39 is 15.9 Å². The Morgan fingerprint density at radius 2 is 1.12 bits per heavy atom. The highest BCUT2D eigenvalue weighted by atomic mass is 32.2. The molecule has 1 aromatic carbocycles. The largest absolute Gasteiger partial charge is 0.399 e. The molecule has 0 unspecified atom stereocenters. The number of nitrogens with one attached hydrogen (secondary N) is 1. The smallest absolute Gasteiger partial charge is 0.264 e. The van der Waals surface area contributed by atoms with Crippen molar-refractivity contribution in [3.8, 4) is 0 Å². The lowest BCUT2D eigenvalue weighted by Gasteiger charge is -2.07. The first-order valence-electron chi connectivity index (χ1n) is 12.6. The van der Waals surface area contributed by atoms with Crippen molar-refractivity contribution in [2.24, 2.45) is 11.5 Å². The van der Waals surface area contributed by atoms with Gasteiger partial charge < -0.3 is 17.2 Å². The normalized spacial score (nSPS) is 10.9. The van der Waals surface area contributed by atoms with Crippen LogP contribution in [0.1, 0.15) is 110 Å². The molecular formula is C25H46N4O3S2. The maximum Gasteiger partial charge on any atom is 0.264 e. The molecule has 1 aromatic rings. The lowest BCUT2D eigenvalue weighted by Crippen LogP contribution is -2.30. The van der Waals surface area contributed by atoms with Gasteiger partial charge in [0.05, 0.1) is 4.90 Å². The predicted molar refractivity (Wildman–Crippen MR) is 147 cm³/mol. The molecule has 0 spiro atoms. The maximum absolute atomic E-state index is 12.1. The fraction of sp³-hybridized carbons (Fsp3) is 0.680. The van der Waals surface area contributed by atoms with Gasteiger partial charge in [0.15, 0.2) is 5.11 Å². The number of hydrogen-bond donors (Lipinski definition) is 4. The summed E-state index contributed by atoms with van der Waals surface area (Å²) >= 11 is 4.09. The number of benzene rings is 1. The maximum atomic E-state index is 12.1. The van der Waals surface area contributed by atoms with E-state index in [1.807, 2.05) is 0 Å². The molecule has 0 saturated carbocycles. The summed E-state index contributed by atoms with van der Waals surface area (Å²) in [7, 11) is -3.80. The topological polar surface area (TPSA) is 141 Å². The first kappa shape index (κ1) is 32.1. The summed E-state index contributed by atoms with van der Waals surface area (Å²) in [6.07, 6.45) is 19.2. The van der Waals surface area contributed by atoms with Gasteiger partial charge in [-0.15, -0.1) is 0 Å². The molecule has 0 aromatic heterocycles. The second-order valence-corrected chi connectivity index (χ2v) is 10.9. The van der Waals surface area contributed by atoms with E-state index >= 15 is 0 Å². The molecule has 0 saturated heterocycles. The zero-order chi connectivity index (χ0) is 25.7. The van der Waals surface area contributed by atoms with Crippen LogP contribution in [0.3, 0.4) is 0 Å². The van der Waals surface area contributed by atoms with Crippen LogP contribution < -0.4 is 21.9 Å². The Morgan fingerprint density at radius 3 is 1.50 bits per heavy atom. The van der Waals surface area contributed by atoms with E-state index in [2.05, 4.69) is 35.3 Å². The first-order valence-corrected chi connectivity index (χ1v) is 14.5. The Bertz CT molecular complexity index is 765. The van der Waals surface area contributed by atoms with Gasteiger partial charge in [0.1, 0.15) is 0 Å². The minimum atomic E-state index is -3.80. The van der Waals surface area contributed by atoms with Crippen LogP contribution in [-0.2, 0) is 14.8 Å². The summed E-state index contributed by atoms with van der Waals surface area (Å²) < 4.78 is 26.4. The third kappa shape index (κ3) is 19.6. The number of thiocarbonyl (C=S) groups is 1. The third-order valence-electron chi connectivity index (χ3n) is 5.45. The van der Waals surface area contributed by atoms with Crippen LogP contribution in [0.25, 0.3) is 0 Å². The van der Waals surface area contributed by atoms with Crippen molar-refractivity contribution >= 4 is 38.9 Å². The highest BCUT2D eigenvalue weighted by molar-refractivity contribution is 7.90. The van der Waals surface area contributed by atoms with Gasteiger partial charge in [-0.1, -0.05) is 96.8 Å². The van der Waals surface area contributed by atoms with E-state index in [1.54, 1.807) is 0 Å². The number of unbranched alkanes of at least 4 members (excludes halogenated alkanes) is 14. The Hall–Kier alpha value is -1.87. The summed E-state index contributed by atoms with van der Waals surface area (Å²) in [5, 5.41) is 0.000000000000000222. The van der Waals surface area contributed by atoms with Crippen molar-refractivity contribution < 1.29 is 13.2 Å². The number of amides is 1. The van der Waals surface area contributed by atoms with Gasteiger partial charge in [0.2, 0.25) is 5.91 Å². The van der Waals surface area contributed by atoms with E-state index in [9.17, 15) is 13.2 Å². The van der Waals surface area contributed by atoms with E-state index in [0.717, 1.165) is 19.3 Å². The van der Waals surface area contributed by atoms with Crippen molar-refractivity contribution in [1.82, 2.24) is 4.72 Å². The van der Waals surface area contributed by atoms with Crippen molar-refractivity contribution in [2.75, 3.05) is 5.73 Å². The van der Waals surface area contributed by atoms with Crippen LogP contribution in [-0.4, -0.2) is 19.4 Å². The van der Waals surface area contributed by atoms with Crippen LogP contribution in [0.5, 0.6) is 0 Å². The number of carbonyl (C=O) groups is 1. The van der Waals surface area contributed by atoms with E-state index in [4.69, 9.17) is 5.73 Å². The fourth-order valence-corrected chi connectivity index (χ4v) is 4.58. The number of carbonyl (C=O) groups excluding carboxylic acids is 1. The molecule has 1 rings (SSSR count). The van der Waals surface area contributed by atoms with E-state index in [1.165, 1.54) is 101 Å². The summed E-state index contributed by atoms with van der Waals surface area (Å²) in [5.74, 6) is -0.443. The van der Waals surface area contributed by atoms with Crippen LogP contribution in [0.15, 0.2) is 29.2 Å². The van der Waals surface area contributed by atoms with Gasteiger partial charge in [0, 0.05) is 12.1 Å². The highest BCUT2D eigenvalue weighted by Gasteiger charge is 2.16. The molecule has 0 aliphatic carbocycles. The predicted octanol–water partition coefficient (Wildman–Crippen LogP) is 5.52. The van der Waals surface area contributed by atoms with Gasteiger partial charge in [-0.25, -0.2) is 13.1 Å². The highest BCUT2D eigenvalue weighted by Crippen LogP contribution is 2.14. The molecule has 0 fully saturated rings. The summed E-state index contributed by atoms with van der Waals surface area (Å²) in [5.41, 5.74) is 15.3. The molecule has 0 heterocycles. The van der Waals surface area contributed by atoms with Gasteiger partial charge in [-0.3, -0.25) is 4.79 Å². The Balaban J connectivity index is 0.00000251. The number of rotatable bonds is 18. The second-order valence-electron chi connectivity index (χ2n) is 8.70. The average Bonchev–Trinajstić information content (AvgIpc) is 2.76. The summed E-state index contributed by atoms with van der Waals surface area (Å²) in [4.78, 5) is 12.0. The molecule has 0 aliphatic heterocycles. The van der Waals surface area contributed by atoms with Gasteiger partial charge in [0.25, 0.3) is 10.0 Å². The minimum Gasteiger partial charge on any atom is -0.399 e. The molecule has 0 radical (unpaired) electrons. The van der Waals surface area contributed by atoms with Crippen LogP contribution in [0, 0.1) is 0 Å². The number of nitrogens with two attached hydrogens (primary N) is 3. The quantitative estimate of drug-likeness (QED) is 0.115. The van der Waals surface area contributed by atoms with Crippen LogP contribution in [0.4, 0.5) is 5.69 Å². The van der Waals surface area contributed by atoms with Crippen LogP contribution in [0.2, 0.25) is 0 Å². The van der Waals surface area contributed by atoms with Gasteiger partial charge in [-0.05, 0) is 42.9 Å². The average molecular weight is 515 g/mol. The molecule has 0 bridgehead atoms. The van der Waals surface area contributed by atoms with Crippen molar-refractivity contribution in [1.29, 1.82) is 0 Å². The lowest BCUT2D eigenvalue weighted by molar-refractivity contribution is -0.119. The molecule has 9 heteroatoms. The minimum absolute atomic E-state index is 0.000000000000000222. The Kier molecular flexibility index (Phi) is 19.4. The van der Waals surface area contributed by atoms with Crippen molar-refractivity contribution in [3.05, 3.63) is 24.3 Å². The third-order valence-corrected chi connectivity index (χ3v) is 6.84. The number of hydrogen-bond acceptors (Lipinski definition) is 5. The first-order chi connectivity index (χ1) is 16.2. The molecule has 7 nitrogen and oxygen atoms in total. The molecular weight excluding hydrogens is 468 g/mol. The van der Waals surface area contributed by atoms with Gasteiger partial charge in [-0.2, -0.15) is 0 Å². The van der Waals surface area contributed by atoms with E-state index in [-0.39, 0.29) is 16.4 Å². The fourth-order valence-electron chi connectivity index (χ4n) is 3.56. The van der Waals surface area contributed by atoms with Crippen molar-refractivity contribution in [2.45, 2.75) is 115 Å².